The Balaban J connectivity index is 0.00000123. The number of carboxylic acid groups (broad SMARTS) is 1. The Morgan fingerprint density at radius 3 is 2.20 bits per heavy atom. The SMILES string of the molecule is CC.CC(C)C[C@H](OC(=O)[C@H](C)CNC(=O)CNC(=O)/C=C/CC[C@H](C)C1C[C@@H]1c1ccc(CN(C)CC(C)(C)SS)cc1)C(=O)O.Cc1ccc(C)c(C)c1. The number of benzene rings is 2. The van der Waals surface area contributed by atoms with Gasteiger partial charge in [-0.25, -0.2) is 4.79 Å². The first-order valence-corrected chi connectivity index (χ1v) is 22.0. The van der Waals surface area contributed by atoms with Crippen molar-refractivity contribution in [2.24, 2.45) is 23.7 Å². The average molecular weight is 814 g/mol. The van der Waals surface area contributed by atoms with E-state index >= 15 is 0 Å². The van der Waals surface area contributed by atoms with Crippen LogP contribution in [0.3, 0.4) is 0 Å². The molecule has 1 aliphatic rings. The number of amides is 2. The van der Waals surface area contributed by atoms with Gasteiger partial charge in [-0.1, -0.05) is 106 Å². The fourth-order valence-corrected chi connectivity index (χ4v) is 6.77. The molecule has 1 aliphatic carbocycles. The maximum atomic E-state index is 12.2. The summed E-state index contributed by atoms with van der Waals surface area (Å²) in [6.07, 6.45) is 5.26. The van der Waals surface area contributed by atoms with Gasteiger partial charge in [-0.2, -0.15) is 0 Å². The Morgan fingerprint density at radius 1 is 1.00 bits per heavy atom. The largest absolute Gasteiger partial charge is 0.479 e. The van der Waals surface area contributed by atoms with Gasteiger partial charge >= 0.3 is 11.9 Å². The van der Waals surface area contributed by atoms with E-state index in [0.717, 1.165) is 25.9 Å². The van der Waals surface area contributed by atoms with Gasteiger partial charge in [0.1, 0.15) is 0 Å². The van der Waals surface area contributed by atoms with E-state index in [4.69, 9.17) is 4.74 Å². The predicted octanol–water partition coefficient (Wildman–Crippen LogP) is 9.10. The molecule has 314 valence electrons. The summed E-state index contributed by atoms with van der Waals surface area (Å²) in [6, 6.07) is 15.5. The number of nitrogens with zero attached hydrogens (tertiary/aromatic N) is 1. The zero-order valence-electron chi connectivity index (χ0n) is 36.1. The van der Waals surface area contributed by atoms with Gasteiger partial charge in [0, 0.05) is 24.4 Å². The maximum Gasteiger partial charge on any atom is 0.345 e. The van der Waals surface area contributed by atoms with E-state index in [2.05, 4.69) is 118 Å². The molecule has 2 aromatic rings. The van der Waals surface area contributed by atoms with Crippen LogP contribution in [0.2, 0.25) is 0 Å². The van der Waals surface area contributed by atoms with Crippen LogP contribution in [0.5, 0.6) is 0 Å². The highest BCUT2D eigenvalue weighted by Crippen LogP contribution is 2.52. The summed E-state index contributed by atoms with van der Waals surface area (Å²) in [7, 11) is 3.74. The second kappa shape index (κ2) is 25.9. The first-order valence-electron chi connectivity index (χ1n) is 20.1. The molecule has 56 heavy (non-hydrogen) atoms. The van der Waals surface area contributed by atoms with Crippen molar-refractivity contribution in [1.29, 1.82) is 0 Å². The van der Waals surface area contributed by atoms with Crippen LogP contribution in [0.25, 0.3) is 0 Å². The highest BCUT2D eigenvalue weighted by Gasteiger charge is 2.41. The Bertz CT molecular complexity index is 1540. The summed E-state index contributed by atoms with van der Waals surface area (Å²) in [5, 5.41) is 14.4. The minimum atomic E-state index is -1.22. The van der Waals surface area contributed by atoms with Gasteiger partial charge in [-0.15, -0.1) is 11.7 Å². The number of carboxylic acids is 1. The average Bonchev–Trinajstić information content (AvgIpc) is 3.95. The van der Waals surface area contributed by atoms with Crippen molar-refractivity contribution in [3.8, 4) is 0 Å². The molecular formula is C45H71N3O6S2. The van der Waals surface area contributed by atoms with Gasteiger partial charge in [0.15, 0.2) is 6.10 Å². The van der Waals surface area contributed by atoms with Crippen LogP contribution >= 0.6 is 22.5 Å². The molecule has 0 spiro atoms. The van der Waals surface area contributed by atoms with E-state index in [9.17, 15) is 24.3 Å². The summed E-state index contributed by atoms with van der Waals surface area (Å²) < 4.78 is 5.20. The minimum Gasteiger partial charge on any atom is -0.479 e. The predicted molar refractivity (Wildman–Crippen MR) is 236 cm³/mol. The fraction of sp³-hybridized carbons (Fsp3) is 0.600. The zero-order chi connectivity index (χ0) is 42.6. The molecule has 3 rings (SSSR count). The third-order valence-electron chi connectivity index (χ3n) is 9.70. The molecule has 0 saturated heterocycles. The number of rotatable bonds is 20. The van der Waals surface area contributed by atoms with Crippen molar-refractivity contribution in [1.82, 2.24) is 15.5 Å². The molecule has 11 heteroatoms. The van der Waals surface area contributed by atoms with Crippen LogP contribution in [-0.2, 0) is 30.5 Å². The second-order valence-corrected chi connectivity index (χ2v) is 18.0. The molecule has 0 radical (unpaired) electrons. The molecule has 0 aliphatic heterocycles. The van der Waals surface area contributed by atoms with Crippen molar-refractivity contribution >= 4 is 46.2 Å². The Kier molecular flexibility index (Phi) is 23.4. The molecule has 1 unspecified atom stereocenters. The number of thiol groups is 1. The van der Waals surface area contributed by atoms with Crippen LogP contribution in [0, 0.1) is 44.4 Å². The van der Waals surface area contributed by atoms with Crippen molar-refractivity contribution < 1.29 is 29.0 Å². The molecule has 3 N–H and O–H groups in total. The molecule has 2 aromatic carbocycles. The first kappa shape index (κ1) is 50.7. The lowest BCUT2D eigenvalue weighted by molar-refractivity contribution is -0.167. The summed E-state index contributed by atoms with van der Waals surface area (Å²) >= 11 is 4.39. The van der Waals surface area contributed by atoms with E-state index in [1.165, 1.54) is 40.3 Å². The lowest BCUT2D eigenvalue weighted by Gasteiger charge is -2.28. The second-order valence-electron chi connectivity index (χ2n) is 16.1. The van der Waals surface area contributed by atoms with Gasteiger partial charge < -0.3 is 25.4 Å². The van der Waals surface area contributed by atoms with Crippen LogP contribution in [0.4, 0.5) is 0 Å². The van der Waals surface area contributed by atoms with Gasteiger partial charge in [0.25, 0.3) is 0 Å². The molecule has 0 bridgehead atoms. The summed E-state index contributed by atoms with van der Waals surface area (Å²) in [6.45, 7) is 23.9. The summed E-state index contributed by atoms with van der Waals surface area (Å²) in [4.78, 5) is 50.1. The third kappa shape index (κ3) is 20.2. The van der Waals surface area contributed by atoms with Crippen molar-refractivity contribution in [2.75, 3.05) is 26.7 Å². The van der Waals surface area contributed by atoms with E-state index in [1.54, 1.807) is 17.7 Å². The molecule has 0 aromatic heterocycles. The van der Waals surface area contributed by atoms with Gasteiger partial charge in [0.2, 0.25) is 11.8 Å². The normalized spacial score (nSPS) is 16.5. The number of carbonyl (C=O) groups is 4. The smallest absolute Gasteiger partial charge is 0.345 e. The number of allylic oxidation sites excluding steroid dienone is 1. The number of hydrogen-bond donors (Lipinski definition) is 4. The maximum absolute atomic E-state index is 12.2. The quantitative estimate of drug-likeness (QED) is 0.0452. The zero-order valence-corrected chi connectivity index (χ0v) is 37.8. The lowest BCUT2D eigenvalue weighted by atomic mass is 9.96. The number of nitrogens with one attached hydrogen (secondary N) is 2. The Labute approximate surface area is 347 Å². The Hall–Kier alpha value is -3.28. The van der Waals surface area contributed by atoms with Gasteiger partial charge in [-0.3, -0.25) is 14.4 Å². The molecular weight excluding hydrogens is 743 g/mol. The molecule has 9 nitrogen and oxygen atoms in total. The van der Waals surface area contributed by atoms with Crippen molar-refractivity contribution in [3.05, 3.63) is 82.4 Å². The van der Waals surface area contributed by atoms with Gasteiger partial charge in [0.05, 0.1) is 12.5 Å². The van der Waals surface area contributed by atoms with Gasteiger partial charge in [-0.05, 0) is 119 Å². The van der Waals surface area contributed by atoms with Crippen molar-refractivity contribution in [2.45, 2.75) is 125 Å². The number of carbonyl (C=O) groups excluding carboxylic acids is 3. The Morgan fingerprint density at radius 2 is 1.64 bits per heavy atom. The van der Waals surface area contributed by atoms with Crippen molar-refractivity contribution in [3.63, 3.8) is 0 Å². The third-order valence-corrected chi connectivity index (χ3v) is 11.8. The highest BCUT2D eigenvalue weighted by molar-refractivity contribution is 8.69. The number of aliphatic carboxylic acids is 1. The monoisotopic (exact) mass is 813 g/mol. The molecule has 1 saturated carbocycles. The number of aryl methyl sites for hydroxylation is 3. The lowest BCUT2D eigenvalue weighted by Crippen LogP contribution is -2.40. The molecule has 0 heterocycles. The summed E-state index contributed by atoms with van der Waals surface area (Å²) in [5.74, 6) is -1.56. The fourth-order valence-electron chi connectivity index (χ4n) is 6.32. The molecule has 1 fully saturated rings. The van der Waals surface area contributed by atoms with E-state index in [1.807, 2.05) is 33.8 Å². The topological polar surface area (TPSA) is 125 Å². The standard InChI is InChI=1S/C34H53N3O6S2.C9H12.C2H6/c1-22(2)16-29(32(40)41)43-33(42)24(4)18-35-31(39)19-36-30(38)11-9-8-10-23(3)27-17-28(27)26-14-12-25(13-15-26)20-37(7)21-34(5,6)45-44;1-7-4-5-8(2)9(3)6-7;1-2/h9,11-15,22-24,27-29,44H,8,10,16-21H2,1-7H3,(H,35,39)(H,36,38)(H,40,41);4-6H,1-3H3;1-2H3/b11-9+;;/t23-,24+,27?,28+,29-;;/m0../s1. The van der Waals surface area contributed by atoms with E-state index < -0.39 is 29.9 Å². The van der Waals surface area contributed by atoms with E-state index in [0.29, 0.717) is 17.8 Å². The van der Waals surface area contributed by atoms with Crippen LogP contribution in [-0.4, -0.2) is 71.3 Å². The van der Waals surface area contributed by atoms with Crippen LogP contribution < -0.4 is 10.6 Å². The number of ether oxygens (including phenoxy) is 1. The first-order chi connectivity index (χ1) is 26.3. The van der Waals surface area contributed by atoms with Crippen LogP contribution in [0.15, 0.2) is 54.6 Å². The molecule has 5 atom stereocenters. The number of hydrogen-bond acceptors (Lipinski definition) is 8. The number of esters is 1. The molecule has 2 amide bonds. The van der Waals surface area contributed by atoms with E-state index in [-0.39, 0.29) is 36.1 Å². The minimum absolute atomic E-state index is 0.0204. The van der Waals surface area contributed by atoms with Crippen LogP contribution in [0.1, 0.15) is 115 Å². The highest BCUT2D eigenvalue weighted by atomic mass is 33.1. The summed E-state index contributed by atoms with van der Waals surface area (Å²) in [5.41, 5.74) is 6.82.